The number of furan rings is 1. The van der Waals surface area contributed by atoms with Crippen LogP contribution in [0.5, 0.6) is 5.75 Å². The zero-order valence-corrected chi connectivity index (χ0v) is 19.8. The summed E-state index contributed by atoms with van der Waals surface area (Å²) < 4.78 is 10.8. The Morgan fingerprint density at radius 3 is 2.35 bits per heavy atom. The summed E-state index contributed by atoms with van der Waals surface area (Å²) in [6.45, 7) is 1.06. The van der Waals surface area contributed by atoms with Crippen molar-refractivity contribution in [2.75, 3.05) is 33.3 Å². The molecule has 188 valence electrons. The number of piperazine rings is 1. The normalized spacial score (nSPS) is 13.5. The first kappa shape index (κ1) is 23.8. The van der Waals surface area contributed by atoms with Gasteiger partial charge in [0.2, 0.25) is 5.76 Å². The number of Topliss-reactive ketones (excluding diaryl/α,β-unsaturated/α-hetero) is 1. The van der Waals surface area contributed by atoms with Gasteiger partial charge in [-0.2, -0.15) is 0 Å². The average Bonchev–Trinajstić information content (AvgIpc) is 3.60. The summed E-state index contributed by atoms with van der Waals surface area (Å²) in [5.74, 6) is -2.60. The first-order valence-electron chi connectivity index (χ1n) is 11.4. The Morgan fingerprint density at radius 1 is 1.00 bits per heavy atom. The lowest BCUT2D eigenvalue weighted by molar-refractivity contribution is -0.127. The quantitative estimate of drug-likeness (QED) is 0.302. The highest BCUT2D eigenvalue weighted by atomic mass is 16.5. The van der Waals surface area contributed by atoms with E-state index in [0.29, 0.717) is 29.6 Å². The van der Waals surface area contributed by atoms with Crippen LogP contribution in [0.2, 0.25) is 0 Å². The number of carbonyl (C=O) groups excluding carboxylic acids is 3. The number of nitrogens with zero attached hydrogens (tertiary/aromatic N) is 3. The van der Waals surface area contributed by atoms with E-state index in [4.69, 9.17) is 14.3 Å². The van der Waals surface area contributed by atoms with E-state index in [1.807, 2.05) is 6.07 Å². The van der Waals surface area contributed by atoms with Crippen molar-refractivity contribution < 1.29 is 33.4 Å². The maximum Gasteiger partial charge on any atom is 0.371 e. The fourth-order valence-corrected chi connectivity index (χ4v) is 4.35. The number of ether oxygens (including phenoxy) is 1. The Balaban J connectivity index is 1.38. The zero-order chi connectivity index (χ0) is 26.1. The van der Waals surface area contributed by atoms with E-state index in [0.717, 1.165) is 0 Å². The van der Waals surface area contributed by atoms with E-state index in [1.54, 1.807) is 29.2 Å². The lowest BCUT2D eigenvalue weighted by atomic mass is 10.1. The molecule has 1 aromatic carbocycles. The van der Waals surface area contributed by atoms with Crippen molar-refractivity contribution in [1.29, 1.82) is 0 Å². The number of carboxylic acid groups (broad SMARTS) is 1. The molecule has 11 nitrogen and oxygen atoms in total. The second-order valence-corrected chi connectivity index (χ2v) is 8.38. The molecule has 0 aliphatic carbocycles. The second-order valence-electron chi connectivity index (χ2n) is 8.38. The van der Waals surface area contributed by atoms with Crippen LogP contribution in [0.3, 0.4) is 0 Å². The summed E-state index contributed by atoms with van der Waals surface area (Å²) in [5.41, 5.74) is 1.29. The topological polar surface area (TPSA) is 146 Å². The molecule has 0 radical (unpaired) electrons. The molecule has 0 bridgehead atoms. The SMILES string of the molecule is COc1cnc(-c2ccc(C(=O)O)o2)c2[nH]cc(C(=O)C(=O)N3CCN(C(=O)c4ccccc4)CC3)c12. The highest BCUT2D eigenvalue weighted by Gasteiger charge is 2.31. The molecule has 4 aromatic rings. The van der Waals surface area contributed by atoms with Gasteiger partial charge in [-0.05, 0) is 24.3 Å². The number of rotatable bonds is 6. The van der Waals surface area contributed by atoms with Crippen molar-refractivity contribution >= 4 is 34.5 Å². The molecule has 1 saturated heterocycles. The van der Waals surface area contributed by atoms with Gasteiger partial charge in [-0.15, -0.1) is 0 Å². The fraction of sp³-hybridized carbons (Fsp3) is 0.192. The molecule has 11 heteroatoms. The lowest BCUT2D eigenvalue weighted by Crippen LogP contribution is -2.52. The molecule has 1 fully saturated rings. The van der Waals surface area contributed by atoms with Crippen LogP contribution in [0, 0.1) is 0 Å². The van der Waals surface area contributed by atoms with Crippen molar-refractivity contribution in [2.45, 2.75) is 0 Å². The van der Waals surface area contributed by atoms with Crippen LogP contribution in [-0.2, 0) is 4.79 Å². The number of methoxy groups -OCH3 is 1. The Hall–Kier alpha value is -4.93. The molecule has 0 saturated carbocycles. The minimum Gasteiger partial charge on any atom is -0.494 e. The van der Waals surface area contributed by atoms with Gasteiger partial charge < -0.3 is 29.0 Å². The summed E-state index contributed by atoms with van der Waals surface area (Å²) in [6, 6.07) is 11.7. The summed E-state index contributed by atoms with van der Waals surface area (Å²) in [5, 5.41) is 9.49. The van der Waals surface area contributed by atoms with Gasteiger partial charge in [0.05, 0.1) is 29.8 Å². The number of amides is 2. The minimum atomic E-state index is -1.23. The van der Waals surface area contributed by atoms with Crippen molar-refractivity contribution in [3.05, 3.63) is 71.7 Å². The third kappa shape index (κ3) is 4.31. The molecular weight excluding hydrogens is 480 g/mol. The molecule has 2 N–H and O–H groups in total. The number of aromatic nitrogens is 2. The summed E-state index contributed by atoms with van der Waals surface area (Å²) >= 11 is 0. The second kappa shape index (κ2) is 9.61. The van der Waals surface area contributed by atoms with Gasteiger partial charge in [0.15, 0.2) is 5.76 Å². The van der Waals surface area contributed by atoms with Crippen LogP contribution < -0.4 is 4.74 Å². The van der Waals surface area contributed by atoms with Crippen LogP contribution in [0.25, 0.3) is 22.4 Å². The highest BCUT2D eigenvalue weighted by molar-refractivity contribution is 6.45. The van der Waals surface area contributed by atoms with E-state index in [9.17, 15) is 19.2 Å². The average molecular weight is 502 g/mol. The lowest BCUT2D eigenvalue weighted by Gasteiger charge is -2.34. The molecule has 1 aliphatic heterocycles. The molecule has 37 heavy (non-hydrogen) atoms. The third-order valence-electron chi connectivity index (χ3n) is 6.26. The van der Waals surface area contributed by atoms with E-state index in [-0.39, 0.29) is 47.5 Å². The smallest absolute Gasteiger partial charge is 0.371 e. The molecule has 4 heterocycles. The maximum atomic E-state index is 13.3. The van der Waals surface area contributed by atoms with E-state index >= 15 is 0 Å². The largest absolute Gasteiger partial charge is 0.494 e. The van der Waals surface area contributed by atoms with Crippen LogP contribution in [-0.4, -0.2) is 81.7 Å². The van der Waals surface area contributed by atoms with Crippen LogP contribution in [0.1, 0.15) is 31.3 Å². The van der Waals surface area contributed by atoms with Gasteiger partial charge in [-0.1, -0.05) is 18.2 Å². The number of aromatic carboxylic acids is 1. The Labute approximate surface area is 210 Å². The summed E-state index contributed by atoms with van der Waals surface area (Å²) in [4.78, 5) is 60.7. The fourth-order valence-electron chi connectivity index (χ4n) is 4.35. The predicted octanol–water partition coefficient (Wildman–Crippen LogP) is 2.70. The standard InChI is InChI=1S/C26H22N4O7/c1-36-19-14-28-21(17-7-8-18(37-17)26(34)35)22-20(19)16(13-27-22)23(31)25(33)30-11-9-29(10-12-30)24(32)15-5-3-2-4-6-15/h2-8,13-14,27H,9-12H2,1H3,(H,34,35). The number of hydrogen-bond acceptors (Lipinski definition) is 7. The number of aromatic amines is 1. The first-order valence-corrected chi connectivity index (χ1v) is 11.4. The number of pyridine rings is 1. The molecule has 3 aromatic heterocycles. The Bertz CT molecular complexity index is 1510. The zero-order valence-electron chi connectivity index (χ0n) is 19.8. The van der Waals surface area contributed by atoms with Crippen molar-refractivity contribution in [2.24, 2.45) is 0 Å². The first-order chi connectivity index (χ1) is 17.9. The molecule has 2 amide bonds. The number of benzene rings is 1. The number of fused-ring (bicyclic) bond motifs is 1. The van der Waals surface area contributed by atoms with Crippen LogP contribution in [0.15, 0.2) is 59.3 Å². The van der Waals surface area contributed by atoms with Gasteiger partial charge in [0.1, 0.15) is 11.4 Å². The molecule has 0 unspecified atom stereocenters. The van der Waals surface area contributed by atoms with Gasteiger partial charge in [-0.3, -0.25) is 14.4 Å². The number of ketones is 1. The van der Waals surface area contributed by atoms with Gasteiger partial charge >= 0.3 is 5.97 Å². The van der Waals surface area contributed by atoms with Crippen molar-refractivity contribution in [3.8, 4) is 17.2 Å². The molecule has 1 aliphatic rings. The van der Waals surface area contributed by atoms with Gasteiger partial charge in [0, 0.05) is 37.9 Å². The van der Waals surface area contributed by atoms with Gasteiger partial charge in [0.25, 0.3) is 17.6 Å². The Morgan fingerprint density at radius 2 is 1.70 bits per heavy atom. The van der Waals surface area contributed by atoms with E-state index < -0.39 is 17.7 Å². The van der Waals surface area contributed by atoms with Gasteiger partial charge in [-0.25, -0.2) is 9.78 Å². The van der Waals surface area contributed by atoms with Crippen molar-refractivity contribution in [3.63, 3.8) is 0 Å². The number of carbonyl (C=O) groups is 4. The van der Waals surface area contributed by atoms with Crippen molar-refractivity contribution in [1.82, 2.24) is 19.8 Å². The number of carboxylic acids is 1. The summed E-state index contributed by atoms with van der Waals surface area (Å²) in [7, 11) is 1.41. The molecule has 0 atom stereocenters. The third-order valence-corrected chi connectivity index (χ3v) is 6.26. The van der Waals surface area contributed by atoms with E-state index in [2.05, 4.69) is 9.97 Å². The predicted molar refractivity (Wildman–Crippen MR) is 131 cm³/mol. The monoisotopic (exact) mass is 502 g/mol. The van der Waals surface area contributed by atoms with Crippen LogP contribution in [0.4, 0.5) is 0 Å². The van der Waals surface area contributed by atoms with Crippen LogP contribution >= 0.6 is 0 Å². The maximum absolute atomic E-state index is 13.3. The number of H-pyrrole nitrogens is 1. The highest BCUT2D eigenvalue weighted by Crippen LogP contribution is 2.35. The molecule has 5 rings (SSSR count). The Kier molecular flexibility index (Phi) is 6.18. The molecule has 0 spiro atoms. The van der Waals surface area contributed by atoms with E-state index in [1.165, 1.54) is 36.5 Å². The number of hydrogen-bond donors (Lipinski definition) is 2. The molecular formula is C26H22N4O7. The minimum absolute atomic E-state index is 0.0910. The summed E-state index contributed by atoms with van der Waals surface area (Å²) in [6.07, 6.45) is 2.78. The number of nitrogens with one attached hydrogen (secondary N) is 1.